The van der Waals surface area contributed by atoms with Gasteiger partial charge in [0, 0.05) is 12.8 Å². The fourth-order valence-electron chi connectivity index (χ4n) is 5.18. The predicted molar refractivity (Wildman–Crippen MR) is 193 cm³/mol. The molecule has 6 atom stereocenters. The molecule has 0 saturated heterocycles. The average Bonchev–Trinajstić information content (AvgIpc) is 3.10. The highest BCUT2D eigenvalue weighted by molar-refractivity contribution is 7.47. The molecule has 1 rings (SSSR count). The third kappa shape index (κ3) is 21.8. The number of phosphoric ester groups is 1. The Bertz CT molecular complexity index is 1090. The van der Waals surface area contributed by atoms with Gasteiger partial charge in [-0.05, 0) is 38.5 Å². The first-order chi connectivity index (χ1) is 24.4. The fraction of sp³-hybridized carbons (Fsp3) is 0.730. The van der Waals surface area contributed by atoms with Crippen LogP contribution in [0.5, 0.6) is 0 Å². The van der Waals surface area contributed by atoms with Gasteiger partial charge in [0.1, 0.15) is 43.2 Å². The van der Waals surface area contributed by atoms with E-state index in [0.717, 1.165) is 38.5 Å². The second-order valence-electron chi connectivity index (χ2n) is 12.7. The molecule has 0 aromatic carbocycles. The van der Waals surface area contributed by atoms with Crippen molar-refractivity contribution < 1.29 is 63.1 Å². The van der Waals surface area contributed by atoms with Crippen molar-refractivity contribution in [3.63, 3.8) is 0 Å². The van der Waals surface area contributed by atoms with E-state index >= 15 is 0 Å². The van der Waals surface area contributed by atoms with Crippen molar-refractivity contribution in [2.24, 2.45) is 0 Å². The van der Waals surface area contributed by atoms with E-state index in [9.17, 15) is 44.6 Å². The maximum absolute atomic E-state index is 12.7. The van der Waals surface area contributed by atoms with Gasteiger partial charge in [0.15, 0.2) is 6.10 Å². The first-order valence-corrected chi connectivity index (χ1v) is 19.9. The van der Waals surface area contributed by atoms with Crippen LogP contribution in [-0.4, -0.2) is 98.3 Å². The Morgan fingerprint density at radius 2 is 1.12 bits per heavy atom. The first-order valence-electron chi connectivity index (χ1n) is 18.4. The van der Waals surface area contributed by atoms with Crippen LogP contribution in [-0.2, 0) is 32.7 Å². The van der Waals surface area contributed by atoms with Crippen LogP contribution in [0.15, 0.2) is 48.6 Å². The molecular formula is C37H63O13P. The normalized spacial score (nSPS) is 24.5. The molecule has 1 saturated carbocycles. The number of allylic oxidation sites excluding steroid dienone is 8. The summed E-state index contributed by atoms with van der Waals surface area (Å²) in [5.74, 6) is -1.20. The highest BCUT2D eigenvalue weighted by atomic mass is 31.2. The number of esters is 2. The topological polar surface area (TPSA) is 210 Å². The van der Waals surface area contributed by atoms with Crippen LogP contribution < -0.4 is 0 Å². The molecule has 0 aromatic heterocycles. The lowest BCUT2D eigenvalue weighted by molar-refractivity contribution is -0.220. The van der Waals surface area contributed by atoms with Gasteiger partial charge in [-0.15, -0.1) is 0 Å². The van der Waals surface area contributed by atoms with Crippen molar-refractivity contribution in [1.29, 1.82) is 0 Å². The highest BCUT2D eigenvalue weighted by Gasteiger charge is 2.51. The van der Waals surface area contributed by atoms with Crippen LogP contribution >= 0.6 is 7.82 Å². The number of hydrogen-bond acceptors (Lipinski definition) is 12. The number of rotatable bonds is 28. The van der Waals surface area contributed by atoms with Gasteiger partial charge >= 0.3 is 19.8 Å². The van der Waals surface area contributed by atoms with Crippen molar-refractivity contribution in [3.8, 4) is 0 Å². The molecule has 0 aromatic rings. The van der Waals surface area contributed by atoms with Gasteiger partial charge in [0.05, 0.1) is 6.61 Å². The fourth-order valence-corrected chi connectivity index (χ4v) is 6.15. The van der Waals surface area contributed by atoms with E-state index in [1.807, 2.05) is 24.3 Å². The maximum atomic E-state index is 12.7. The van der Waals surface area contributed by atoms with Gasteiger partial charge in [-0.3, -0.25) is 18.6 Å². The van der Waals surface area contributed by atoms with Gasteiger partial charge in [-0.2, -0.15) is 0 Å². The maximum Gasteiger partial charge on any atom is 0.472 e. The minimum absolute atomic E-state index is 0.0248. The lowest BCUT2D eigenvalue weighted by atomic mass is 9.85. The zero-order chi connectivity index (χ0) is 37.9. The van der Waals surface area contributed by atoms with Crippen molar-refractivity contribution in [2.75, 3.05) is 13.2 Å². The first kappa shape index (κ1) is 46.8. The smallest absolute Gasteiger partial charge is 0.462 e. The molecule has 1 aliphatic carbocycles. The predicted octanol–water partition coefficient (Wildman–Crippen LogP) is 5.27. The monoisotopic (exact) mass is 746 g/mol. The number of aliphatic hydroxyl groups is 5. The molecule has 6 unspecified atom stereocenters. The molecule has 0 bridgehead atoms. The number of ether oxygens (including phenoxy) is 2. The summed E-state index contributed by atoms with van der Waals surface area (Å²) in [6, 6.07) is 0. The summed E-state index contributed by atoms with van der Waals surface area (Å²) in [5.41, 5.74) is 0. The van der Waals surface area contributed by atoms with Crippen molar-refractivity contribution in [2.45, 2.75) is 159 Å². The van der Waals surface area contributed by atoms with Gasteiger partial charge in [0.25, 0.3) is 0 Å². The average molecular weight is 747 g/mol. The van der Waals surface area contributed by atoms with Crippen molar-refractivity contribution >= 4 is 19.8 Å². The summed E-state index contributed by atoms with van der Waals surface area (Å²) in [4.78, 5) is 35.3. The third-order valence-corrected chi connectivity index (χ3v) is 9.18. The van der Waals surface area contributed by atoms with Gasteiger partial charge < -0.3 is 39.9 Å². The number of carbonyl (C=O) groups excluding carboxylic acids is 2. The zero-order valence-electron chi connectivity index (χ0n) is 30.4. The summed E-state index contributed by atoms with van der Waals surface area (Å²) < 4.78 is 33.1. The Morgan fingerprint density at radius 1 is 0.627 bits per heavy atom. The van der Waals surface area contributed by atoms with Crippen LogP contribution in [0.25, 0.3) is 0 Å². The summed E-state index contributed by atoms with van der Waals surface area (Å²) in [6.45, 7) is 3.04. The van der Waals surface area contributed by atoms with Crippen LogP contribution in [0.2, 0.25) is 0 Å². The Morgan fingerprint density at radius 3 is 1.67 bits per heavy atom. The quantitative estimate of drug-likeness (QED) is 0.0261. The highest BCUT2D eigenvalue weighted by Crippen LogP contribution is 2.47. The van der Waals surface area contributed by atoms with Crippen LogP contribution in [0.4, 0.5) is 0 Å². The Hall–Kier alpha value is -2.19. The number of unbranched alkanes of at least 4 members (excludes halogenated alkanes) is 8. The van der Waals surface area contributed by atoms with Gasteiger partial charge in [-0.1, -0.05) is 114 Å². The zero-order valence-corrected chi connectivity index (χ0v) is 31.3. The standard InChI is InChI=1S/C37H63O13P/c1-3-5-7-9-11-13-14-15-16-18-20-22-24-26-31(39)49-29(27-47-30(38)25-23-21-19-17-12-10-8-6-4-2)28-48-51(45,46)50-37-35(43)33(41)32(40)34(42)36(37)44/h5,7,11,13,15-16,20,22,29,32-37,40-44H,3-4,6,8-10,12,14,17-19,21,23-28H2,1-2H3,(H,45,46)/b7-5-,13-11-,16-15-,22-20-. The van der Waals surface area contributed by atoms with Gasteiger partial charge in [-0.25, -0.2) is 4.57 Å². The molecule has 1 fully saturated rings. The lowest BCUT2D eigenvalue weighted by Gasteiger charge is -2.41. The van der Waals surface area contributed by atoms with E-state index < -0.39 is 75.7 Å². The molecule has 294 valence electrons. The molecule has 6 N–H and O–H groups in total. The Kier molecular flexibility index (Phi) is 26.0. The van der Waals surface area contributed by atoms with E-state index in [1.165, 1.54) is 32.1 Å². The number of phosphoric acid groups is 1. The van der Waals surface area contributed by atoms with Crippen molar-refractivity contribution in [1.82, 2.24) is 0 Å². The van der Waals surface area contributed by atoms with Crippen LogP contribution in [0.3, 0.4) is 0 Å². The molecule has 14 heteroatoms. The lowest BCUT2D eigenvalue weighted by Crippen LogP contribution is -2.64. The third-order valence-electron chi connectivity index (χ3n) is 8.20. The molecule has 0 amide bonds. The molecule has 0 radical (unpaired) electrons. The van der Waals surface area contributed by atoms with Crippen LogP contribution in [0, 0.1) is 0 Å². The van der Waals surface area contributed by atoms with Gasteiger partial charge in [0.2, 0.25) is 0 Å². The molecule has 0 aliphatic heterocycles. The SMILES string of the molecule is CC/C=C\C/C=C\C/C=C\C/C=C\CCC(=O)OC(COC(=O)CCCCCCCCCCC)COP(=O)(O)OC1C(O)C(O)C(O)C(O)C1O. The summed E-state index contributed by atoms with van der Waals surface area (Å²) >= 11 is 0. The minimum Gasteiger partial charge on any atom is -0.462 e. The van der Waals surface area contributed by atoms with E-state index in [4.69, 9.17) is 18.5 Å². The summed E-state index contributed by atoms with van der Waals surface area (Å²) in [5, 5.41) is 49.8. The molecule has 13 nitrogen and oxygen atoms in total. The molecule has 0 spiro atoms. The largest absolute Gasteiger partial charge is 0.472 e. The van der Waals surface area contributed by atoms with E-state index in [-0.39, 0.29) is 12.8 Å². The number of carbonyl (C=O) groups is 2. The number of hydrogen-bond donors (Lipinski definition) is 6. The van der Waals surface area contributed by atoms with E-state index in [1.54, 1.807) is 0 Å². The summed E-state index contributed by atoms with van der Waals surface area (Å²) in [7, 11) is -5.12. The molecule has 51 heavy (non-hydrogen) atoms. The molecule has 1 aliphatic rings. The Labute approximate surface area is 303 Å². The number of aliphatic hydroxyl groups excluding tert-OH is 5. The molecule has 0 heterocycles. The Balaban J connectivity index is 2.63. The van der Waals surface area contributed by atoms with Crippen LogP contribution in [0.1, 0.15) is 117 Å². The van der Waals surface area contributed by atoms with E-state index in [0.29, 0.717) is 19.3 Å². The molecular weight excluding hydrogens is 683 g/mol. The second-order valence-corrected chi connectivity index (χ2v) is 14.1. The second kappa shape index (κ2) is 28.3. The van der Waals surface area contributed by atoms with Crippen molar-refractivity contribution in [3.05, 3.63) is 48.6 Å². The summed E-state index contributed by atoms with van der Waals surface area (Å²) in [6.07, 6.45) is 16.5. The minimum atomic E-state index is -5.12. The van der Waals surface area contributed by atoms with E-state index in [2.05, 4.69) is 38.2 Å².